The van der Waals surface area contributed by atoms with Gasteiger partial charge < -0.3 is 10.5 Å². The monoisotopic (exact) mass is 250 g/mol. The summed E-state index contributed by atoms with van der Waals surface area (Å²) in [5, 5.41) is 0. The Morgan fingerprint density at radius 1 is 1.67 bits per heavy atom. The maximum absolute atomic E-state index is 13.5. The van der Waals surface area contributed by atoms with Gasteiger partial charge in [-0.05, 0) is 25.0 Å². The molecule has 0 saturated carbocycles. The van der Waals surface area contributed by atoms with Gasteiger partial charge in [0.05, 0.1) is 11.9 Å². The number of allylic oxidation sites excluding steroid dienone is 4. The van der Waals surface area contributed by atoms with Crippen LogP contribution in [0.1, 0.15) is 33.1 Å². The van der Waals surface area contributed by atoms with Gasteiger partial charge in [0.1, 0.15) is 5.83 Å². The van der Waals surface area contributed by atoms with Crippen LogP contribution in [0.25, 0.3) is 0 Å². The molecule has 4 heteroatoms. The molecule has 2 N–H and O–H groups in total. The fourth-order valence-electron chi connectivity index (χ4n) is 1.27. The molecule has 0 unspecified atom stereocenters. The molecule has 0 bridgehead atoms. The van der Waals surface area contributed by atoms with Gasteiger partial charge in [-0.2, -0.15) is 0 Å². The lowest BCUT2D eigenvalue weighted by Crippen LogP contribution is -2.05. The van der Waals surface area contributed by atoms with Crippen molar-refractivity contribution in [3.8, 4) is 0 Å². The Hall–Kier alpha value is -1.84. The summed E-state index contributed by atoms with van der Waals surface area (Å²) in [6.45, 7) is 7.38. The SMILES string of the molecule is C=C(C)/C(N)=C\N=C(CC)OC1=C(F)CCC=C1. The van der Waals surface area contributed by atoms with Crippen LogP contribution >= 0.6 is 0 Å². The molecule has 1 aliphatic rings. The normalized spacial score (nSPS) is 17.1. The van der Waals surface area contributed by atoms with Crippen molar-refractivity contribution in [1.29, 1.82) is 0 Å². The van der Waals surface area contributed by atoms with Crippen LogP contribution in [0.3, 0.4) is 0 Å². The van der Waals surface area contributed by atoms with Gasteiger partial charge in [-0.3, -0.25) is 0 Å². The Bertz CT molecular complexity index is 445. The molecule has 0 atom stereocenters. The predicted molar refractivity (Wildman–Crippen MR) is 72.4 cm³/mol. The number of ether oxygens (including phenoxy) is 1. The molecule has 0 aromatic carbocycles. The number of nitrogens with zero attached hydrogens (tertiary/aromatic N) is 1. The highest BCUT2D eigenvalue weighted by molar-refractivity contribution is 5.78. The third-order valence-corrected chi connectivity index (χ3v) is 2.44. The average Bonchev–Trinajstić information content (AvgIpc) is 2.36. The largest absolute Gasteiger partial charge is 0.440 e. The molecular weight excluding hydrogens is 231 g/mol. The number of nitrogens with two attached hydrogens (primary N) is 1. The minimum atomic E-state index is -0.240. The Morgan fingerprint density at radius 3 is 2.94 bits per heavy atom. The van der Waals surface area contributed by atoms with E-state index < -0.39 is 0 Å². The first kappa shape index (κ1) is 14.2. The highest BCUT2D eigenvalue weighted by Gasteiger charge is 2.11. The summed E-state index contributed by atoms with van der Waals surface area (Å²) < 4.78 is 18.9. The van der Waals surface area contributed by atoms with Gasteiger partial charge in [-0.25, -0.2) is 9.38 Å². The first-order chi connectivity index (χ1) is 8.54. The van der Waals surface area contributed by atoms with Crippen LogP contribution in [0.15, 0.2) is 52.8 Å². The van der Waals surface area contributed by atoms with Crippen LogP contribution in [0.2, 0.25) is 0 Å². The van der Waals surface area contributed by atoms with E-state index in [0.29, 0.717) is 30.9 Å². The lowest BCUT2D eigenvalue weighted by Gasteiger charge is -2.11. The number of aliphatic imine (C=N–C) groups is 1. The van der Waals surface area contributed by atoms with Gasteiger partial charge in [0, 0.05) is 12.8 Å². The van der Waals surface area contributed by atoms with Crippen LogP contribution < -0.4 is 5.73 Å². The van der Waals surface area contributed by atoms with Crippen molar-refractivity contribution in [2.45, 2.75) is 33.1 Å². The second-order valence-electron chi connectivity index (χ2n) is 4.05. The smallest absolute Gasteiger partial charge is 0.194 e. The van der Waals surface area contributed by atoms with Crippen molar-refractivity contribution in [3.63, 3.8) is 0 Å². The van der Waals surface area contributed by atoms with E-state index in [0.717, 1.165) is 5.57 Å². The maximum Gasteiger partial charge on any atom is 0.194 e. The van der Waals surface area contributed by atoms with Crippen molar-refractivity contribution in [3.05, 3.63) is 47.8 Å². The van der Waals surface area contributed by atoms with Gasteiger partial charge in [0.15, 0.2) is 11.7 Å². The van der Waals surface area contributed by atoms with E-state index >= 15 is 0 Å². The van der Waals surface area contributed by atoms with Crippen LogP contribution in [0, 0.1) is 0 Å². The zero-order valence-corrected chi connectivity index (χ0v) is 10.9. The van der Waals surface area contributed by atoms with E-state index in [2.05, 4.69) is 11.6 Å². The summed E-state index contributed by atoms with van der Waals surface area (Å²) in [6, 6.07) is 0. The molecule has 0 aromatic rings. The Labute approximate surface area is 107 Å². The lowest BCUT2D eigenvalue weighted by molar-refractivity contribution is 0.383. The molecule has 0 fully saturated rings. The molecule has 0 spiro atoms. The summed E-state index contributed by atoms with van der Waals surface area (Å²) in [5.41, 5.74) is 6.90. The van der Waals surface area contributed by atoms with Crippen molar-refractivity contribution < 1.29 is 9.13 Å². The molecule has 0 radical (unpaired) electrons. The Morgan fingerprint density at radius 2 is 2.39 bits per heavy atom. The van der Waals surface area contributed by atoms with E-state index in [-0.39, 0.29) is 11.6 Å². The van der Waals surface area contributed by atoms with Crippen molar-refractivity contribution in [1.82, 2.24) is 0 Å². The number of halogens is 1. The zero-order chi connectivity index (χ0) is 13.5. The summed E-state index contributed by atoms with van der Waals surface area (Å²) >= 11 is 0. The average molecular weight is 250 g/mol. The second-order valence-corrected chi connectivity index (χ2v) is 4.05. The lowest BCUT2D eigenvalue weighted by atomic mass is 10.1. The van der Waals surface area contributed by atoms with Gasteiger partial charge in [-0.1, -0.05) is 19.6 Å². The number of hydrogen-bond donors (Lipinski definition) is 1. The Kier molecular flexibility index (Phi) is 5.36. The van der Waals surface area contributed by atoms with Crippen LogP contribution in [0.4, 0.5) is 4.39 Å². The van der Waals surface area contributed by atoms with Crippen LogP contribution in [0.5, 0.6) is 0 Å². The summed E-state index contributed by atoms with van der Waals surface area (Å²) in [4.78, 5) is 4.10. The summed E-state index contributed by atoms with van der Waals surface area (Å²) in [6.07, 6.45) is 6.64. The first-order valence-electron chi connectivity index (χ1n) is 5.95. The predicted octanol–water partition coefficient (Wildman–Crippen LogP) is 3.72. The molecule has 0 saturated heterocycles. The highest BCUT2D eigenvalue weighted by Crippen LogP contribution is 2.21. The van der Waals surface area contributed by atoms with Gasteiger partial charge in [0.25, 0.3) is 0 Å². The summed E-state index contributed by atoms with van der Waals surface area (Å²) in [5.74, 6) is 0.426. The van der Waals surface area contributed by atoms with Gasteiger partial charge in [0.2, 0.25) is 0 Å². The number of rotatable bonds is 4. The Balaban J connectivity index is 2.79. The molecule has 98 valence electrons. The highest BCUT2D eigenvalue weighted by atomic mass is 19.1. The number of hydrogen-bond acceptors (Lipinski definition) is 3. The standard InChI is InChI=1S/C14H19FN2O/c1-4-14(17-9-12(16)10(2)3)18-13-8-6-5-7-11(13)15/h6,8-9H,2,4-5,7,16H2,1,3H3/b12-9+,17-14?. The minimum Gasteiger partial charge on any atom is -0.440 e. The topological polar surface area (TPSA) is 47.6 Å². The maximum atomic E-state index is 13.5. The van der Waals surface area contributed by atoms with Crippen molar-refractivity contribution >= 4 is 5.90 Å². The molecule has 18 heavy (non-hydrogen) atoms. The fourth-order valence-corrected chi connectivity index (χ4v) is 1.27. The zero-order valence-electron chi connectivity index (χ0n) is 10.9. The van der Waals surface area contributed by atoms with E-state index in [1.807, 2.05) is 13.0 Å². The van der Waals surface area contributed by atoms with E-state index in [1.165, 1.54) is 6.20 Å². The molecule has 0 amide bonds. The van der Waals surface area contributed by atoms with Crippen molar-refractivity contribution in [2.24, 2.45) is 10.7 Å². The fraction of sp³-hybridized carbons (Fsp3) is 0.357. The van der Waals surface area contributed by atoms with E-state index in [9.17, 15) is 4.39 Å². The third-order valence-electron chi connectivity index (χ3n) is 2.44. The molecule has 3 nitrogen and oxygen atoms in total. The molecule has 0 aliphatic heterocycles. The quantitative estimate of drug-likeness (QED) is 0.469. The van der Waals surface area contributed by atoms with E-state index in [4.69, 9.17) is 10.5 Å². The van der Waals surface area contributed by atoms with Crippen LogP contribution in [-0.4, -0.2) is 5.90 Å². The van der Waals surface area contributed by atoms with Gasteiger partial charge in [-0.15, -0.1) is 0 Å². The summed E-state index contributed by atoms with van der Waals surface area (Å²) in [7, 11) is 0. The molecule has 1 aliphatic carbocycles. The second kappa shape index (κ2) is 6.79. The third kappa shape index (κ3) is 4.20. The van der Waals surface area contributed by atoms with E-state index in [1.54, 1.807) is 13.0 Å². The molecule has 1 rings (SSSR count). The molecule has 0 aromatic heterocycles. The van der Waals surface area contributed by atoms with Gasteiger partial charge >= 0.3 is 0 Å². The van der Waals surface area contributed by atoms with Crippen molar-refractivity contribution in [2.75, 3.05) is 0 Å². The molecular formula is C14H19FN2O. The molecule has 0 heterocycles. The minimum absolute atomic E-state index is 0.240. The first-order valence-corrected chi connectivity index (χ1v) is 5.95. The van der Waals surface area contributed by atoms with Crippen LogP contribution in [-0.2, 0) is 4.74 Å².